The highest BCUT2D eigenvalue weighted by Crippen LogP contribution is 2.31. The average molecular weight is 284 g/mol. The van der Waals surface area contributed by atoms with Gasteiger partial charge in [-0.2, -0.15) is 0 Å². The van der Waals surface area contributed by atoms with E-state index in [1.807, 2.05) is 23.1 Å². The number of carbonyl (C=O) groups is 1. The summed E-state index contributed by atoms with van der Waals surface area (Å²) in [7, 11) is 0. The van der Waals surface area contributed by atoms with Gasteiger partial charge in [-0.15, -0.1) is 0 Å². The topological polar surface area (TPSA) is 64.2 Å². The molecule has 0 spiro atoms. The van der Waals surface area contributed by atoms with Gasteiger partial charge in [-0.25, -0.2) is 4.98 Å². The van der Waals surface area contributed by atoms with Gasteiger partial charge in [0.1, 0.15) is 0 Å². The van der Waals surface area contributed by atoms with Crippen molar-refractivity contribution in [1.29, 1.82) is 0 Å². The van der Waals surface area contributed by atoms with Crippen molar-refractivity contribution >= 4 is 22.9 Å². The number of benzene rings is 1. The van der Waals surface area contributed by atoms with Crippen LogP contribution in [0.15, 0.2) is 24.3 Å². The number of amides is 1. The molecule has 5 heteroatoms. The molecule has 0 unspecified atom stereocenters. The fraction of sp³-hybridized carbons (Fsp3) is 0.500. The van der Waals surface area contributed by atoms with Gasteiger partial charge in [-0.3, -0.25) is 9.69 Å². The first-order valence-corrected chi connectivity index (χ1v) is 7.75. The molecule has 2 atom stereocenters. The van der Waals surface area contributed by atoms with E-state index < -0.39 is 0 Å². The van der Waals surface area contributed by atoms with E-state index in [-0.39, 0.29) is 11.9 Å². The van der Waals surface area contributed by atoms with Gasteiger partial charge in [0.2, 0.25) is 11.9 Å². The predicted molar refractivity (Wildman–Crippen MR) is 82.0 cm³/mol. The number of anilines is 1. The molecule has 110 valence electrons. The molecule has 1 aliphatic heterocycles. The Morgan fingerprint density at radius 1 is 1.29 bits per heavy atom. The van der Waals surface area contributed by atoms with E-state index in [4.69, 9.17) is 5.73 Å². The number of carbonyl (C=O) groups excluding carboxylic acids is 1. The number of imidazole rings is 1. The van der Waals surface area contributed by atoms with Crippen LogP contribution in [0.2, 0.25) is 0 Å². The Hall–Kier alpha value is -1.88. The third kappa shape index (κ3) is 2.03. The van der Waals surface area contributed by atoms with Gasteiger partial charge in [0.05, 0.1) is 11.0 Å². The van der Waals surface area contributed by atoms with Crippen LogP contribution in [0.3, 0.4) is 0 Å². The summed E-state index contributed by atoms with van der Waals surface area (Å²) in [5, 5.41) is 0. The molecule has 1 amide bonds. The summed E-state index contributed by atoms with van der Waals surface area (Å²) < 4.78 is 2.14. The third-order valence-electron chi connectivity index (χ3n) is 4.88. The van der Waals surface area contributed by atoms with E-state index in [1.165, 1.54) is 0 Å². The Kier molecular flexibility index (Phi) is 2.96. The molecule has 2 aliphatic rings. The zero-order chi connectivity index (χ0) is 14.4. The second-order valence-corrected chi connectivity index (χ2v) is 6.16. The lowest BCUT2D eigenvalue weighted by Crippen LogP contribution is -2.34. The fourth-order valence-corrected chi connectivity index (χ4v) is 3.68. The molecule has 1 saturated carbocycles. The first-order chi connectivity index (χ1) is 10.2. The highest BCUT2D eigenvalue weighted by molar-refractivity contribution is 5.95. The van der Waals surface area contributed by atoms with E-state index in [0.717, 1.165) is 49.3 Å². The number of nitrogens with zero attached hydrogens (tertiary/aromatic N) is 3. The Bertz CT molecular complexity index is 693. The van der Waals surface area contributed by atoms with Crippen LogP contribution in [0.1, 0.15) is 25.7 Å². The molecule has 1 aliphatic carbocycles. The van der Waals surface area contributed by atoms with Crippen LogP contribution < -0.4 is 10.6 Å². The van der Waals surface area contributed by atoms with Crippen molar-refractivity contribution < 1.29 is 4.79 Å². The molecule has 2 aromatic rings. The molecule has 0 bridgehead atoms. The van der Waals surface area contributed by atoms with Gasteiger partial charge in [0.25, 0.3) is 0 Å². The van der Waals surface area contributed by atoms with Crippen molar-refractivity contribution in [2.24, 2.45) is 11.7 Å². The SMILES string of the molecule is N[C@@H]1CCC[C@H]1CC(=O)N1CCn2c1nc1ccccc12. The lowest BCUT2D eigenvalue weighted by atomic mass is 9.99. The normalized spacial score (nSPS) is 24.7. The van der Waals surface area contributed by atoms with Gasteiger partial charge in [0.15, 0.2) is 0 Å². The predicted octanol–water partition coefficient (Wildman–Crippen LogP) is 1.90. The Morgan fingerprint density at radius 2 is 2.14 bits per heavy atom. The molecule has 2 heterocycles. The molecule has 0 saturated heterocycles. The molecule has 0 radical (unpaired) electrons. The second kappa shape index (κ2) is 4.84. The summed E-state index contributed by atoms with van der Waals surface area (Å²) in [5.74, 6) is 1.31. The summed E-state index contributed by atoms with van der Waals surface area (Å²) >= 11 is 0. The van der Waals surface area contributed by atoms with Gasteiger partial charge >= 0.3 is 0 Å². The van der Waals surface area contributed by atoms with E-state index in [2.05, 4.69) is 15.6 Å². The highest BCUT2D eigenvalue weighted by atomic mass is 16.2. The molecule has 1 aromatic carbocycles. The first-order valence-electron chi connectivity index (χ1n) is 7.75. The Balaban J connectivity index is 1.59. The quantitative estimate of drug-likeness (QED) is 0.916. The molecule has 1 aromatic heterocycles. The standard InChI is InChI=1S/C16H20N4O/c17-12-5-3-4-11(12)10-15(21)20-9-8-19-14-7-2-1-6-13(14)18-16(19)20/h1-2,6-7,11-12H,3-5,8-10,17H2/t11-,12+/m0/s1. The smallest absolute Gasteiger partial charge is 0.229 e. The zero-order valence-corrected chi connectivity index (χ0v) is 12.0. The summed E-state index contributed by atoms with van der Waals surface area (Å²) in [6.07, 6.45) is 3.84. The summed E-state index contributed by atoms with van der Waals surface area (Å²) in [6, 6.07) is 8.24. The Morgan fingerprint density at radius 3 is 2.95 bits per heavy atom. The minimum atomic E-state index is 0.173. The lowest BCUT2D eigenvalue weighted by Gasteiger charge is -2.19. The van der Waals surface area contributed by atoms with Crippen molar-refractivity contribution in [3.8, 4) is 0 Å². The van der Waals surface area contributed by atoms with E-state index in [0.29, 0.717) is 12.3 Å². The largest absolute Gasteiger partial charge is 0.327 e. The van der Waals surface area contributed by atoms with Gasteiger partial charge in [-0.1, -0.05) is 18.6 Å². The third-order valence-corrected chi connectivity index (χ3v) is 4.88. The van der Waals surface area contributed by atoms with Crippen molar-refractivity contribution in [3.05, 3.63) is 24.3 Å². The maximum absolute atomic E-state index is 12.6. The molecule has 5 nitrogen and oxygen atoms in total. The minimum Gasteiger partial charge on any atom is -0.327 e. The number of rotatable bonds is 2. The van der Waals surface area contributed by atoms with Crippen molar-refractivity contribution in [1.82, 2.24) is 9.55 Å². The van der Waals surface area contributed by atoms with Crippen molar-refractivity contribution in [3.63, 3.8) is 0 Å². The monoisotopic (exact) mass is 284 g/mol. The molecular formula is C16H20N4O. The number of nitrogens with two attached hydrogens (primary N) is 1. The summed E-state index contributed by atoms with van der Waals surface area (Å²) in [5.41, 5.74) is 8.16. The lowest BCUT2D eigenvalue weighted by molar-refractivity contribution is -0.119. The maximum atomic E-state index is 12.6. The van der Waals surface area contributed by atoms with Crippen LogP contribution in [0.4, 0.5) is 5.95 Å². The van der Waals surface area contributed by atoms with Crippen LogP contribution in [0.5, 0.6) is 0 Å². The van der Waals surface area contributed by atoms with E-state index >= 15 is 0 Å². The number of aromatic nitrogens is 2. The van der Waals surface area contributed by atoms with Crippen LogP contribution in [0, 0.1) is 5.92 Å². The van der Waals surface area contributed by atoms with Crippen LogP contribution in [-0.4, -0.2) is 28.0 Å². The van der Waals surface area contributed by atoms with Crippen molar-refractivity contribution in [2.45, 2.75) is 38.3 Å². The van der Waals surface area contributed by atoms with Gasteiger partial charge in [0, 0.05) is 25.6 Å². The van der Waals surface area contributed by atoms with Gasteiger partial charge in [-0.05, 0) is 30.9 Å². The number of fused-ring (bicyclic) bond motifs is 3. The summed E-state index contributed by atoms with van der Waals surface area (Å²) in [4.78, 5) is 19.1. The molecule has 4 rings (SSSR count). The van der Waals surface area contributed by atoms with Crippen LogP contribution in [-0.2, 0) is 11.3 Å². The van der Waals surface area contributed by atoms with Crippen LogP contribution >= 0.6 is 0 Å². The fourth-order valence-electron chi connectivity index (χ4n) is 3.68. The summed E-state index contributed by atoms with van der Waals surface area (Å²) in [6.45, 7) is 1.56. The van der Waals surface area contributed by atoms with E-state index in [1.54, 1.807) is 0 Å². The number of hydrogen-bond acceptors (Lipinski definition) is 3. The average Bonchev–Trinajstić information content (AvgIpc) is 3.14. The zero-order valence-electron chi connectivity index (χ0n) is 12.0. The van der Waals surface area contributed by atoms with Crippen LogP contribution in [0.25, 0.3) is 11.0 Å². The Labute approximate surface area is 123 Å². The van der Waals surface area contributed by atoms with Gasteiger partial charge < -0.3 is 10.3 Å². The molecule has 21 heavy (non-hydrogen) atoms. The number of para-hydroxylation sites is 2. The maximum Gasteiger partial charge on any atom is 0.229 e. The van der Waals surface area contributed by atoms with E-state index in [9.17, 15) is 4.79 Å². The minimum absolute atomic E-state index is 0.173. The molecule has 1 fully saturated rings. The highest BCUT2D eigenvalue weighted by Gasteiger charge is 2.32. The molecular weight excluding hydrogens is 264 g/mol. The first kappa shape index (κ1) is 12.8. The second-order valence-electron chi connectivity index (χ2n) is 6.16. The molecule has 2 N–H and O–H groups in total. The van der Waals surface area contributed by atoms with Crippen molar-refractivity contribution in [2.75, 3.05) is 11.4 Å². The number of hydrogen-bond donors (Lipinski definition) is 1.